The smallest absolute Gasteiger partial charge is 0.246 e. The van der Waals surface area contributed by atoms with Gasteiger partial charge in [0.2, 0.25) is 5.91 Å². The van der Waals surface area contributed by atoms with Crippen LogP contribution in [0.4, 0.5) is 4.39 Å². The lowest BCUT2D eigenvalue weighted by molar-refractivity contribution is -0.125. The van der Waals surface area contributed by atoms with Crippen molar-refractivity contribution < 1.29 is 18.7 Å². The predicted octanol–water partition coefficient (Wildman–Crippen LogP) is 1.41. The lowest BCUT2D eigenvalue weighted by Crippen LogP contribution is -2.34. The summed E-state index contributed by atoms with van der Waals surface area (Å²) in [5.41, 5.74) is 0.681. The van der Waals surface area contributed by atoms with Gasteiger partial charge in [0.1, 0.15) is 6.61 Å². The minimum absolute atomic E-state index is 0.00199. The number of halogens is 1. The van der Waals surface area contributed by atoms with Gasteiger partial charge in [-0.3, -0.25) is 4.79 Å². The van der Waals surface area contributed by atoms with Crippen molar-refractivity contribution in [3.63, 3.8) is 0 Å². The fraction of sp³-hybridized carbons (Fsp3) is 0.417. The van der Waals surface area contributed by atoms with Crippen LogP contribution in [0.15, 0.2) is 18.2 Å². The molecular weight excluding hydrogens is 225 g/mol. The summed E-state index contributed by atoms with van der Waals surface area (Å²) >= 11 is 0. The van der Waals surface area contributed by atoms with Crippen LogP contribution in [0.3, 0.4) is 0 Å². The molecular formula is C12H14FNO3. The first-order chi connectivity index (χ1) is 8.22. The van der Waals surface area contributed by atoms with Crippen molar-refractivity contribution in [2.24, 2.45) is 0 Å². The molecule has 1 aromatic carbocycles. The summed E-state index contributed by atoms with van der Waals surface area (Å²) in [5.74, 6) is -0.371. The molecule has 92 valence electrons. The highest BCUT2D eigenvalue weighted by Crippen LogP contribution is 2.33. The first kappa shape index (κ1) is 11.9. The lowest BCUT2D eigenvalue weighted by atomic mass is 10.0. The van der Waals surface area contributed by atoms with E-state index in [2.05, 4.69) is 5.32 Å². The molecule has 1 aliphatic rings. The van der Waals surface area contributed by atoms with E-state index in [0.29, 0.717) is 18.6 Å². The predicted molar refractivity (Wildman–Crippen MR) is 59.3 cm³/mol. The van der Waals surface area contributed by atoms with Crippen molar-refractivity contribution >= 4 is 5.91 Å². The van der Waals surface area contributed by atoms with E-state index in [0.717, 1.165) is 0 Å². The molecule has 0 fully saturated rings. The zero-order valence-electron chi connectivity index (χ0n) is 9.53. The Labute approximate surface area is 98.7 Å². The minimum Gasteiger partial charge on any atom is -0.490 e. The second-order valence-electron chi connectivity index (χ2n) is 3.85. The number of fused-ring (bicyclic) bond motifs is 1. The van der Waals surface area contributed by atoms with Gasteiger partial charge in [-0.25, -0.2) is 4.39 Å². The molecule has 4 nitrogen and oxygen atoms in total. The van der Waals surface area contributed by atoms with Crippen molar-refractivity contribution in [2.45, 2.75) is 12.5 Å². The Morgan fingerprint density at radius 3 is 3.24 bits per heavy atom. The number of carbonyl (C=O) groups is 1. The third-order valence-corrected chi connectivity index (χ3v) is 2.64. The first-order valence-corrected chi connectivity index (χ1v) is 5.42. The average Bonchev–Trinajstić information content (AvgIpc) is 2.31. The van der Waals surface area contributed by atoms with Crippen LogP contribution in [0, 0.1) is 5.82 Å². The molecule has 0 aliphatic carbocycles. The number of ether oxygens (including phenoxy) is 2. The summed E-state index contributed by atoms with van der Waals surface area (Å²) in [4.78, 5) is 11.4. The van der Waals surface area contributed by atoms with E-state index in [4.69, 9.17) is 9.47 Å². The van der Waals surface area contributed by atoms with Crippen molar-refractivity contribution in [1.82, 2.24) is 5.32 Å². The van der Waals surface area contributed by atoms with Gasteiger partial charge in [0, 0.05) is 19.1 Å². The highest BCUT2D eigenvalue weighted by Gasteiger charge is 2.24. The number of hydrogen-bond donors (Lipinski definition) is 1. The SMILES string of the molecule is COCC(=O)NC1CCOc2c(F)cccc21. The lowest BCUT2D eigenvalue weighted by Gasteiger charge is -2.26. The van der Waals surface area contributed by atoms with Crippen molar-refractivity contribution in [2.75, 3.05) is 20.3 Å². The molecule has 2 rings (SSSR count). The monoisotopic (exact) mass is 239 g/mol. The number of para-hydroxylation sites is 1. The Hall–Kier alpha value is -1.62. The van der Waals surface area contributed by atoms with E-state index in [1.165, 1.54) is 13.2 Å². The van der Waals surface area contributed by atoms with Crippen molar-refractivity contribution in [1.29, 1.82) is 0 Å². The summed E-state index contributed by atoms with van der Waals surface area (Å²) in [7, 11) is 1.46. The summed E-state index contributed by atoms with van der Waals surface area (Å²) in [6, 6.07) is 4.50. The molecule has 0 radical (unpaired) electrons. The van der Waals surface area contributed by atoms with Gasteiger partial charge in [0.25, 0.3) is 0 Å². The van der Waals surface area contributed by atoms with E-state index in [-0.39, 0.29) is 24.3 Å². The topological polar surface area (TPSA) is 47.6 Å². The van der Waals surface area contributed by atoms with Gasteiger partial charge >= 0.3 is 0 Å². The molecule has 1 aliphatic heterocycles. The van der Waals surface area contributed by atoms with Gasteiger partial charge in [-0.15, -0.1) is 0 Å². The van der Waals surface area contributed by atoms with Crippen LogP contribution in [0.1, 0.15) is 18.0 Å². The maximum atomic E-state index is 13.5. The quantitative estimate of drug-likeness (QED) is 0.867. The highest BCUT2D eigenvalue weighted by molar-refractivity contribution is 5.77. The van der Waals surface area contributed by atoms with Crippen LogP contribution in [-0.4, -0.2) is 26.2 Å². The second-order valence-corrected chi connectivity index (χ2v) is 3.85. The van der Waals surface area contributed by atoms with Crippen LogP contribution in [0.2, 0.25) is 0 Å². The fourth-order valence-corrected chi connectivity index (χ4v) is 1.90. The van der Waals surface area contributed by atoms with Crippen LogP contribution < -0.4 is 10.1 Å². The number of hydrogen-bond acceptors (Lipinski definition) is 3. The van der Waals surface area contributed by atoms with Gasteiger partial charge in [-0.1, -0.05) is 12.1 Å². The zero-order valence-corrected chi connectivity index (χ0v) is 9.53. The minimum atomic E-state index is -0.395. The maximum absolute atomic E-state index is 13.5. The van der Waals surface area contributed by atoms with Crippen LogP contribution in [-0.2, 0) is 9.53 Å². The van der Waals surface area contributed by atoms with Crippen LogP contribution in [0.5, 0.6) is 5.75 Å². The number of rotatable bonds is 3. The van der Waals surface area contributed by atoms with E-state index in [1.54, 1.807) is 12.1 Å². The molecule has 0 bridgehead atoms. The second kappa shape index (κ2) is 5.14. The standard InChI is InChI=1S/C12H14FNO3/c1-16-7-11(15)14-10-5-6-17-12-8(10)3-2-4-9(12)13/h2-4,10H,5-7H2,1H3,(H,14,15). The Kier molecular flexibility index (Phi) is 3.58. The van der Waals surface area contributed by atoms with Gasteiger partial charge in [0.15, 0.2) is 11.6 Å². The normalized spacial score (nSPS) is 18.1. The molecule has 1 amide bonds. The van der Waals surface area contributed by atoms with Crippen molar-refractivity contribution in [3.05, 3.63) is 29.6 Å². The van der Waals surface area contributed by atoms with E-state index < -0.39 is 5.82 Å². The molecule has 1 atom stereocenters. The molecule has 0 aromatic heterocycles. The molecule has 1 unspecified atom stereocenters. The number of carbonyl (C=O) groups excluding carboxylic acids is 1. The summed E-state index contributed by atoms with van der Waals surface area (Å²) in [5, 5.41) is 2.79. The Balaban J connectivity index is 2.17. The molecule has 1 heterocycles. The average molecular weight is 239 g/mol. The molecule has 5 heteroatoms. The van der Waals surface area contributed by atoms with Crippen molar-refractivity contribution in [3.8, 4) is 5.75 Å². The first-order valence-electron chi connectivity index (χ1n) is 5.42. The molecule has 17 heavy (non-hydrogen) atoms. The fourth-order valence-electron chi connectivity index (χ4n) is 1.90. The zero-order chi connectivity index (χ0) is 12.3. The largest absolute Gasteiger partial charge is 0.490 e. The molecule has 0 saturated heterocycles. The summed E-state index contributed by atoms with van der Waals surface area (Å²) < 4.78 is 23.5. The molecule has 0 saturated carbocycles. The van der Waals surface area contributed by atoms with E-state index >= 15 is 0 Å². The summed E-state index contributed by atoms with van der Waals surface area (Å²) in [6.07, 6.45) is 0.631. The van der Waals surface area contributed by atoms with Crippen LogP contribution in [0.25, 0.3) is 0 Å². The van der Waals surface area contributed by atoms with Gasteiger partial charge in [-0.05, 0) is 6.07 Å². The molecule has 1 N–H and O–H groups in total. The molecule has 1 aromatic rings. The highest BCUT2D eigenvalue weighted by atomic mass is 19.1. The number of methoxy groups -OCH3 is 1. The molecule has 0 spiro atoms. The third kappa shape index (κ3) is 2.55. The van der Waals surface area contributed by atoms with Gasteiger partial charge in [-0.2, -0.15) is 0 Å². The number of nitrogens with one attached hydrogen (secondary N) is 1. The maximum Gasteiger partial charge on any atom is 0.246 e. The van der Waals surface area contributed by atoms with E-state index in [9.17, 15) is 9.18 Å². The van der Waals surface area contributed by atoms with Crippen LogP contribution >= 0.6 is 0 Å². The number of amides is 1. The third-order valence-electron chi connectivity index (χ3n) is 2.64. The Morgan fingerprint density at radius 2 is 2.47 bits per heavy atom. The van der Waals surface area contributed by atoms with Gasteiger partial charge < -0.3 is 14.8 Å². The summed E-state index contributed by atoms with van der Waals surface area (Å²) in [6.45, 7) is 0.397. The Morgan fingerprint density at radius 1 is 1.65 bits per heavy atom. The van der Waals surface area contributed by atoms with E-state index in [1.807, 2.05) is 0 Å². The Bertz CT molecular complexity index is 422. The number of benzene rings is 1. The van der Waals surface area contributed by atoms with Gasteiger partial charge in [0.05, 0.1) is 12.6 Å².